The summed E-state index contributed by atoms with van der Waals surface area (Å²) in [6.45, 7) is 0.783. The summed E-state index contributed by atoms with van der Waals surface area (Å²) >= 11 is 7.05. The van der Waals surface area contributed by atoms with Crippen LogP contribution in [0, 0.1) is 17.6 Å². The maximum atomic E-state index is 14.0. The first kappa shape index (κ1) is 15.5. The van der Waals surface area contributed by atoms with Crippen LogP contribution in [0.25, 0.3) is 0 Å². The number of hydrogen-bond acceptors (Lipinski definition) is 4. The lowest BCUT2D eigenvalue weighted by Crippen LogP contribution is -2.20. The minimum Gasteiger partial charge on any atom is -0.487 e. The van der Waals surface area contributed by atoms with Gasteiger partial charge in [-0.2, -0.15) is 0 Å². The third-order valence-corrected chi connectivity index (χ3v) is 4.79. The number of nitrogens with one attached hydrogen (secondary N) is 1. The Balaban J connectivity index is 1.62. The van der Waals surface area contributed by atoms with Crippen LogP contribution in [0.5, 0.6) is 5.75 Å². The van der Waals surface area contributed by atoms with E-state index in [0.717, 1.165) is 17.7 Å². The number of aromatic nitrogens is 1. The van der Waals surface area contributed by atoms with E-state index in [2.05, 4.69) is 10.3 Å². The van der Waals surface area contributed by atoms with Gasteiger partial charge in [0.2, 0.25) is 0 Å². The molecule has 1 aliphatic rings. The van der Waals surface area contributed by atoms with Gasteiger partial charge in [-0.3, -0.25) is 0 Å². The molecular weight excluding hydrogens is 330 g/mol. The molecule has 1 saturated carbocycles. The van der Waals surface area contributed by atoms with Crippen LogP contribution in [-0.2, 0) is 6.54 Å². The number of benzene rings is 1. The van der Waals surface area contributed by atoms with Crippen molar-refractivity contribution >= 4 is 28.6 Å². The molecule has 118 valence electrons. The average molecular weight is 345 g/mol. The van der Waals surface area contributed by atoms with Gasteiger partial charge in [-0.1, -0.05) is 18.0 Å². The molecule has 3 nitrogen and oxygen atoms in total. The van der Waals surface area contributed by atoms with Gasteiger partial charge in [0.25, 0.3) is 0 Å². The van der Waals surface area contributed by atoms with Gasteiger partial charge in [-0.05, 0) is 18.8 Å². The van der Waals surface area contributed by atoms with Crippen LogP contribution in [0.1, 0.15) is 24.1 Å². The first-order valence-electron chi connectivity index (χ1n) is 7.08. The van der Waals surface area contributed by atoms with E-state index in [0.29, 0.717) is 29.2 Å². The summed E-state index contributed by atoms with van der Waals surface area (Å²) in [5, 5.41) is 2.95. The monoisotopic (exact) mass is 344 g/mol. The standard InChI is InChI=1S/C15H15ClF2N2OS/c16-15-20-7-11(22-15)6-19-10-4-12(17)14(13(18)5-10)21-8-9-2-1-3-9/h4-5,7,9,19H,1-3,6,8H2. The molecule has 1 heterocycles. The molecule has 1 fully saturated rings. The van der Waals surface area contributed by atoms with Crippen molar-refractivity contribution in [2.24, 2.45) is 5.92 Å². The van der Waals surface area contributed by atoms with E-state index < -0.39 is 11.6 Å². The molecule has 0 saturated heterocycles. The Morgan fingerprint density at radius 1 is 1.32 bits per heavy atom. The van der Waals surface area contributed by atoms with Crippen LogP contribution < -0.4 is 10.1 Å². The lowest BCUT2D eigenvalue weighted by atomic mass is 9.86. The fourth-order valence-corrected chi connectivity index (χ4v) is 3.13. The number of nitrogens with zero attached hydrogens (tertiary/aromatic N) is 1. The highest BCUT2D eigenvalue weighted by atomic mass is 35.5. The van der Waals surface area contributed by atoms with Crippen LogP contribution in [-0.4, -0.2) is 11.6 Å². The van der Waals surface area contributed by atoms with Gasteiger partial charge in [-0.15, -0.1) is 11.3 Å². The van der Waals surface area contributed by atoms with Gasteiger partial charge in [0, 0.05) is 28.9 Å². The zero-order valence-corrected chi connectivity index (χ0v) is 13.3. The van der Waals surface area contributed by atoms with Crippen LogP contribution in [0.3, 0.4) is 0 Å². The molecule has 2 aromatic rings. The van der Waals surface area contributed by atoms with E-state index >= 15 is 0 Å². The largest absolute Gasteiger partial charge is 0.487 e. The predicted molar refractivity (Wildman–Crippen MR) is 83.6 cm³/mol. The van der Waals surface area contributed by atoms with E-state index in [1.165, 1.54) is 29.9 Å². The SMILES string of the molecule is Fc1cc(NCc2cnc(Cl)s2)cc(F)c1OCC1CCC1. The highest BCUT2D eigenvalue weighted by Crippen LogP contribution is 2.30. The second kappa shape index (κ2) is 6.79. The lowest BCUT2D eigenvalue weighted by Gasteiger charge is -2.25. The molecule has 22 heavy (non-hydrogen) atoms. The normalized spacial score (nSPS) is 14.7. The predicted octanol–water partition coefficient (Wildman–Crippen LogP) is 4.87. The number of hydrogen-bond donors (Lipinski definition) is 1. The maximum absolute atomic E-state index is 14.0. The Labute approximate surface area is 136 Å². The van der Waals surface area contributed by atoms with Crippen molar-refractivity contribution in [3.63, 3.8) is 0 Å². The van der Waals surface area contributed by atoms with Crippen molar-refractivity contribution in [3.8, 4) is 5.75 Å². The van der Waals surface area contributed by atoms with Gasteiger partial charge in [0.1, 0.15) is 0 Å². The van der Waals surface area contributed by atoms with E-state index in [-0.39, 0.29) is 5.75 Å². The Hall–Kier alpha value is -1.40. The molecule has 0 spiro atoms. The Morgan fingerprint density at radius 3 is 2.59 bits per heavy atom. The van der Waals surface area contributed by atoms with Crippen molar-refractivity contribution in [2.75, 3.05) is 11.9 Å². The van der Waals surface area contributed by atoms with E-state index in [1.807, 2.05) is 0 Å². The molecule has 3 rings (SSSR count). The number of ether oxygens (including phenoxy) is 1. The summed E-state index contributed by atoms with van der Waals surface area (Å²) in [6.07, 6.45) is 4.94. The van der Waals surface area contributed by atoms with Gasteiger partial charge in [-0.25, -0.2) is 13.8 Å². The third kappa shape index (κ3) is 3.67. The van der Waals surface area contributed by atoms with Gasteiger partial charge in [0.15, 0.2) is 21.9 Å². The molecular formula is C15H15ClF2N2OS. The van der Waals surface area contributed by atoms with E-state index in [1.54, 1.807) is 6.20 Å². The second-order valence-electron chi connectivity index (χ2n) is 5.31. The topological polar surface area (TPSA) is 34.2 Å². The highest BCUT2D eigenvalue weighted by Gasteiger charge is 2.20. The van der Waals surface area contributed by atoms with Crippen LogP contribution in [0.4, 0.5) is 14.5 Å². The van der Waals surface area contributed by atoms with E-state index in [9.17, 15) is 8.78 Å². The minimum atomic E-state index is -0.691. The Morgan fingerprint density at radius 2 is 2.05 bits per heavy atom. The molecule has 7 heteroatoms. The molecule has 1 N–H and O–H groups in total. The zero-order valence-electron chi connectivity index (χ0n) is 11.7. The molecule has 1 aromatic carbocycles. The first-order chi connectivity index (χ1) is 10.6. The van der Waals surface area contributed by atoms with Crippen molar-refractivity contribution < 1.29 is 13.5 Å². The van der Waals surface area contributed by atoms with Crippen molar-refractivity contribution in [3.05, 3.63) is 39.3 Å². The summed E-state index contributed by atoms with van der Waals surface area (Å²) in [7, 11) is 0. The first-order valence-corrected chi connectivity index (χ1v) is 8.27. The van der Waals surface area contributed by atoms with Gasteiger partial charge < -0.3 is 10.1 Å². The number of thiazole rings is 1. The fraction of sp³-hybridized carbons (Fsp3) is 0.400. The van der Waals surface area contributed by atoms with Crippen molar-refractivity contribution in [1.82, 2.24) is 4.98 Å². The number of halogens is 3. The van der Waals surface area contributed by atoms with Gasteiger partial charge >= 0.3 is 0 Å². The van der Waals surface area contributed by atoms with Crippen molar-refractivity contribution in [2.45, 2.75) is 25.8 Å². The average Bonchev–Trinajstić information content (AvgIpc) is 2.83. The second-order valence-corrected chi connectivity index (χ2v) is 7.01. The molecule has 1 aromatic heterocycles. The number of anilines is 1. The molecule has 0 amide bonds. The quantitative estimate of drug-likeness (QED) is 0.812. The highest BCUT2D eigenvalue weighted by molar-refractivity contribution is 7.15. The molecule has 0 aliphatic heterocycles. The molecule has 0 atom stereocenters. The summed E-state index contributed by atoms with van der Waals surface area (Å²) in [6, 6.07) is 2.48. The lowest BCUT2D eigenvalue weighted by molar-refractivity contribution is 0.170. The molecule has 0 unspecified atom stereocenters. The summed E-state index contributed by atoms with van der Waals surface area (Å²) in [5.41, 5.74) is 0.357. The Kier molecular flexibility index (Phi) is 4.78. The third-order valence-electron chi connectivity index (χ3n) is 3.68. The van der Waals surface area contributed by atoms with E-state index in [4.69, 9.17) is 16.3 Å². The molecule has 0 bridgehead atoms. The maximum Gasteiger partial charge on any atom is 0.190 e. The van der Waals surface area contributed by atoms with Crippen LogP contribution in [0.15, 0.2) is 18.3 Å². The summed E-state index contributed by atoms with van der Waals surface area (Å²) in [4.78, 5) is 4.79. The fourth-order valence-electron chi connectivity index (χ4n) is 2.22. The van der Waals surface area contributed by atoms with Gasteiger partial charge in [0.05, 0.1) is 13.2 Å². The summed E-state index contributed by atoms with van der Waals surface area (Å²) in [5.74, 6) is -1.25. The minimum absolute atomic E-state index is 0.293. The van der Waals surface area contributed by atoms with Crippen molar-refractivity contribution in [1.29, 1.82) is 0 Å². The molecule has 0 radical (unpaired) electrons. The Bertz CT molecular complexity index is 638. The smallest absolute Gasteiger partial charge is 0.190 e. The zero-order chi connectivity index (χ0) is 15.5. The molecule has 1 aliphatic carbocycles. The summed E-state index contributed by atoms with van der Waals surface area (Å²) < 4.78 is 33.7. The van der Waals surface area contributed by atoms with Crippen LogP contribution >= 0.6 is 22.9 Å². The number of rotatable bonds is 6. The van der Waals surface area contributed by atoms with Crippen LogP contribution in [0.2, 0.25) is 4.47 Å².